The first-order valence-corrected chi connectivity index (χ1v) is 8.91. The molecule has 6 heteroatoms. The molecule has 0 radical (unpaired) electrons. The summed E-state index contributed by atoms with van der Waals surface area (Å²) < 4.78 is 6.06. The average Bonchev–Trinajstić information content (AvgIpc) is 3.05. The Morgan fingerprint density at radius 2 is 1.84 bits per heavy atom. The maximum Gasteiger partial charge on any atom is 0.254 e. The monoisotopic (exact) mass is 338 g/mol. The third kappa shape index (κ3) is 3.54. The first-order chi connectivity index (χ1) is 12.2. The Kier molecular flexibility index (Phi) is 4.44. The van der Waals surface area contributed by atoms with Gasteiger partial charge in [-0.05, 0) is 31.4 Å². The molecule has 4 rings (SSSR count). The van der Waals surface area contributed by atoms with Crippen LogP contribution in [0, 0.1) is 0 Å². The number of nitrogens with one attached hydrogen (secondary N) is 1. The maximum absolute atomic E-state index is 12.5. The summed E-state index contributed by atoms with van der Waals surface area (Å²) in [6.45, 7) is 0.599. The third-order valence-electron chi connectivity index (χ3n) is 5.16. The lowest BCUT2D eigenvalue weighted by atomic mass is 9.82. The van der Waals surface area contributed by atoms with Crippen molar-refractivity contribution >= 4 is 5.91 Å². The summed E-state index contributed by atoms with van der Waals surface area (Å²) >= 11 is 0. The van der Waals surface area contributed by atoms with E-state index in [4.69, 9.17) is 4.74 Å². The molecule has 25 heavy (non-hydrogen) atoms. The quantitative estimate of drug-likeness (QED) is 0.931. The number of pyridine rings is 1. The first-order valence-electron chi connectivity index (χ1n) is 8.91. The highest BCUT2D eigenvalue weighted by Crippen LogP contribution is 2.39. The van der Waals surface area contributed by atoms with Crippen LogP contribution >= 0.6 is 0 Å². The van der Waals surface area contributed by atoms with Gasteiger partial charge >= 0.3 is 0 Å². The van der Waals surface area contributed by atoms with Crippen LogP contribution < -0.4 is 5.32 Å². The molecular formula is C19H22N4O2. The van der Waals surface area contributed by atoms with E-state index in [1.165, 1.54) is 19.3 Å². The normalized spacial score (nSPS) is 22.0. The largest absolute Gasteiger partial charge is 0.373 e. The lowest BCUT2D eigenvalue weighted by Crippen LogP contribution is -2.37. The minimum atomic E-state index is -0.136. The van der Waals surface area contributed by atoms with Crippen LogP contribution in [0.2, 0.25) is 0 Å². The molecule has 1 amide bonds. The fourth-order valence-corrected chi connectivity index (χ4v) is 3.85. The molecule has 0 aromatic carbocycles. The van der Waals surface area contributed by atoms with Crippen molar-refractivity contribution in [2.45, 2.75) is 50.2 Å². The Labute approximate surface area is 147 Å². The van der Waals surface area contributed by atoms with E-state index in [-0.39, 0.29) is 17.6 Å². The molecule has 0 bridgehead atoms. The van der Waals surface area contributed by atoms with E-state index >= 15 is 0 Å². The molecule has 1 saturated carbocycles. The Bertz CT molecular complexity index is 727. The van der Waals surface area contributed by atoms with E-state index in [1.54, 1.807) is 24.8 Å². The van der Waals surface area contributed by atoms with Crippen LogP contribution in [0.5, 0.6) is 0 Å². The molecule has 130 valence electrons. The number of hydrogen-bond acceptors (Lipinski definition) is 5. The van der Waals surface area contributed by atoms with Gasteiger partial charge in [0, 0.05) is 30.4 Å². The minimum absolute atomic E-state index is 0.00208. The van der Waals surface area contributed by atoms with E-state index in [1.807, 2.05) is 12.1 Å². The van der Waals surface area contributed by atoms with Crippen LogP contribution in [0.15, 0.2) is 36.9 Å². The van der Waals surface area contributed by atoms with Crippen molar-refractivity contribution < 1.29 is 9.53 Å². The van der Waals surface area contributed by atoms with E-state index in [9.17, 15) is 4.79 Å². The smallest absolute Gasteiger partial charge is 0.254 e. The van der Waals surface area contributed by atoms with Gasteiger partial charge in [-0.1, -0.05) is 19.3 Å². The zero-order valence-corrected chi connectivity index (χ0v) is 14.1. The lowest BCUT2D eigenvalue weighted by Gasteiger charge is -2.32. The summed E-state index contributed by atoms with van der Waals surface area (Å²) in [6, 6.07) is 3.76. The standard InChI is InChI=1S/C19H22N4O2/c24-18(23-16-10-19(25-13-16)6-2-1-3-7-19)15-11-21-17(22-12-15)14-4-8-20-9-5-14/h4-5,8-9,11-12,16H,1-3,6-7,10,13H2,(H,23,24). The van der Waals surface area contributed by atoms with Crippen LogP contribution in [0.25, 0.3) is 11.4 Å². The highest BCUT2D eigenvalue weighted by molar-refractivity contribution is 5.93. The van der Waals surface area contributed by atoms with E-state index in [0.717, 1.165) is 24.8 Å². The predicted octanol–water partition coefficient (Wildman–Crippen LogP) is 2.76. The summed E-state index contributed by atoms with van der Waals surface area (Å²) in [5, 5.41) is 3.07. The van der Waals surface area contributed by atoms with Crippen LogP contribution in [-0.2, 0) is 4.74 Å². The molecule has 2 fully saturated rings. The Morgan fingerprint density at radius 1 is 1.12 bits per heavy atom. The SMILES string of the molecule is O=C(NC1COC2(CCCCC2)C1)c1cnc(-c2ccncc2)nc1. The van der Waals surface area contributed by atoms with Crippen LogP contribution in [-0.4, -0.2) is 39.1 Å². The molecule has 1 aliphatic heterocycles. The predicted molar refractivity (Wildman–Crippen MR) is 92.9 cm³/mol. The van der Waals surface area contributed by atoms with Crippen molar-refractivity contribution in [3.05, 3.63) is 42.5 Å². The molecule has 1 aliphatic carbocycles. The first kappa shape index (κ1) is 16.1. The van der Waals surface area contributed by atoms with Gasteiger partial charge in [-0.25, -0.2) is 9.97 Å². The molecule has 1 saturated heterocycles. The summed E-state index contributed by atoms with van der Waals surface area (Å²) in [5.74, 6) is 0.451. The second-order valence-corrected chi connectivity index (χ2v) is 6.96. The molecule has 1 spiro atoms. The number of carbonyl (C=O) groups excluding carboxylic acids is 1. The van der Waals surface area contributed by atoms with Gasteiger partial charge in [0.1, 0.15) is 0 Å². The fraction of sp³-hybridized carbons (Fsp3) is 0.474. The Morgan fingerprint density at radius 3 is 2.56 bits per heavy atom. The van der Waals surface area contributed by atoms with Crippen molar-refractivity contribution in [3.63, 3.8) is 0 Å². The maximum atomic E-state index is 12.5. The van der Waals surface area contributed by atoms with Gasteiger partial charge < -0.3 is 10.1 Å². The second kappa shape index (κ2) is 6.88. The fourth-order valence-electron chi connectivity index (χ4n) is 3.85. The summed E-state index contributed by atoms with van der Waals surface area (Å²) in [6.07, 6.45) is 13.4. The van der Waals surface area contributed by atoms with Crippen LogP contribution in [0.3, 0.4) is 0 Å². The van der Waals surface area contributed by atoms with E-state index in [2.05, 4.69) is 20.3 Å². The molecule has 2 aliphatic rings. The van der Waals surface area contributed by atoms with Crippen LogP contribution in [0.4, 0.5) is 0 Å². The molecule has 6 nitrogen and oxygen atoms in total. The molecule has 1 atom stereocenters. The molecule has 3 heterocycles. The Hall–Kier alpha value is -2.34. The number of hydrogen-bond donors (Lipinski definition) is 1. The zero-order valence-electron chi connectivity index (χ0n) is 14.1. The van der Waals surface area contributed by atoms with Crippen molar-refractivity contribution in [2.75, 3.05) is 6.61 Å². The van der Waals surface area contributed by atoms with Crippen LogP contribution in [0.1, 0.15) is 48.9 Å². The highest BCUT2D eigenvalue weighted by Gasteiger charge is 2.41. The number of aromatic nitrogens is 3. The number of ether oxygens (including phenoxy) is 1. The highest BCUT2D eigenvalue weighted by atomic mass is 16.5. The van der Waals surface area contributed by atoms with Gasteiger partial charge in [0.25, 0.3) is 5.91 Å². The molecule has 2 aromatic rings. The van der Waals surface area contributed by atoms with Crippen molar-refractivity contribution in [1.29, 1.82) is 0 Å². The minimum Gasteiger partial charge on any atom is -0.373 e. The molecule has 1 unspecified atom stereocenters. The van der Waals surface area contributed by atoms with Gasteiger partial charge in [0.05, 0.1) is 23.8 Å². The van der Waals surface area contributed by atoms with E-state index < -0.39 is 0 Å². The summed E-state index contributed by atoms with van der Waals surface area (Å²) in [5.41, 5.74) is 1.35. The number of carbonyl (C=O) groups is 1. The van der Waals surface area contributed by atoms with Gasteiger partial charge in [-0.3, -0.25) is 9.78 Å². The Balaban J connectivity index is 1.38. The number of nitrogens with zero attached hydrogens (tertiary/aromatic N) is 3. The lowest BCUT2D eigenvalue weighted by molar-refractivity contribution is -0.0246. The van der Waals surface area contributed by atoms with E-state index in [0.29, 0.717) is 18.0 Å². The molecule has 2 aromatic heterocycles. The molecular weight excluding hydrogens is 316 g/mol. The van der Waals surface area contributed by atoms with Gasteiger partial charge in [-0.2, -0.15) is 0 Å². The third-order valence-corrected chi connectivity index (χ3v) is 5.16. The topological polar surface area (TPSA) is 77.0 Å². The van der Waals surface area contributed by atoms with Gasteiger partial charge in [0.15, 0.2) is 5.82 Å². The zero-order chi connectivity index (χ0) is 17.1. The summed E-state index contributed by atoms with van der Waals surface area (Å²) in [7, 11) is 0. The van der Waals surface area contributed by atoms with Gasteiger partial charge in [-0.15, -0.1) is 0 Å². The van der Waals surface area contributed by atoms with Gasteiger partial charge in [0.2, 0.25) is 0 Å². The number of rotatable bonds is 3. The number of amides is 1. The van der Waals surface area contributed by atoms with Crippen molar-refractivity contribution in [2.24, 2.45) is 0 Å². The van der Waals surface area contributed by atoms with Crippen molar-refractivity contribution in [1.82, 2.24) is 20.3 Å². The second-order valence-electron chi connectivity index (χ2n) is 6.96. The van der Waals surface area contributed by atoms with Crippen molar-refractivity contribution in [3.8, 4) is 11.4 Å². The summed E-state index contributed by atoms with van der Waals surface area (Å²) in [4.78, 5) is 25.0. The molecule has 1 N–H and O–H groups in total. The average molecular weight is 338 g/mol.